The summed E-state index contributed by atoms with van der Waals surface area (Å²) in [5.74, 6) is 0.935. The van der Waals surface area contributed by atoms with E-state index < -0.39 is 0 Å². The highest BCUT2D eigenvalue weighted by atomic mass is 16.5. The molecule has 1 aromatic carbocycles. The van der Waals surface area contributed by atoms with Crippen LogP contribution in [0.4, 0.5) is 0 Å². The average molecular weight is 435 g/mol. The molecule has 2 aromatic heterocycles. The first-order valence-electron chi connectivity index (χ1n) is 10.5. The van der Waals surface area contributed by atoms with Crippen molar-refractivity contribution in [1.82, 2.24) is 30.0 Å². The van der Waals surface area contributed by atoms with Crippen LogP contribution in [0.15, 0.2) is 42.9 Å². The molecule has 9 nitrogen and oxygen atoms in total. The molecule has 0 aliphatic carbocycles. The minimum Gasteiger partial charge on any atom is -0.496 e. The van der Waals surface area contributed by atoms with Crippen molar-refractivity contribution >= 4 is 11.8 Å². The molecule has 0 bridgehead atoms. The number of benzene rings is 1. The summed E-state index contributed by atoms with van der Waals surface area (Å²) in [6.07, 6.45) is 6.48. The zero-order chi connectivity index (χ0) is 22.7. The predicted octanol–water partition coefficient (Wildman–Crippen LogP) is 2.43. The van der Waals surface area contributed by atoms with Crippen molar-refractivity contribution < 1.29 is 14.3 Å². The predicted molar refractivity (Wildman–Crippen MR) is 117 cm³/mol. The Morgan fingerprint density at radius 3 is 2.78 bits per heavy atom. The number of ether oxygens (including phenoxy) is 1. The van der Waals surface area contributed by atoms with Gasteiger partial charge in [0.1, 0.15) is 5.75 Å². The van der Waals surface area contributed by atoms with Crippen LogP contribution >= 0.6 is 0 Å². The van der Waals surface area contributed by atoms with E-state index in [1.165, 1.54) is 0 Å². The number of aromatic nitrogens is 4. The Morgan fingerprint density at radius 2 is 2.06 bits per heavy atom. The zero-order valence-electron chi connectivity index (χ0n) is 18.4. The van der Waals surface area contributed by atoms with E-state index in [-0.39, 0.29) is 17.9 Å². The summed E-state index contributed by atoms with van der Waals surface area (Å²) in [7, 11) is 3.38. The van der Waals surface area contributed by atoms with Crippen LogP contribution in [0, 0.1) is 6.92 Å². The molecule has 1 fully saturated rings. The molecule has 1 atom stereocenters. The fourth-order valence-corrected chi connectivity index (χ4v) is 3.96. The molecule has 9 heteroatoms. The average Bonchev–Trinajstić information content (AvgIpc) is 3.46. The van der Waals surface area contributed by atoms with E-state index >= 15 is 0 Å². The summed E-state index contributed by atoms with van der Waals surface area (Å²) in [6, 6.07) is 7.32. The van der Waals surface area contributed by atoms with Crippen molar-refractivity contribution in [2.45, 2.75) is 32.4 Å². The van der Waals surface area contributed by atoms with E-state index in [0.29, 0.717) is 35.7 Å². The Kier molecular flexibility index (Phi) is 6.16. The first kappa shape index (κ1) is 21.5. The van der Waals surface area contributed by atoms with Gasteiger partial charge in [-0.3, -0.25) is 14.3 Å². The van der Waals surface area contributed by atoms with Gasteiger partial charge in [-0.1, -0.05) is 18.2 Å². The summed E-state index contributed by atoms with van der Waals surface area (Å²) in [6.45, 7) is 2.76. The molecule has 32 heavy (non-hydrogen) atoms. The number of nitrogens with zero attached hydrogens (tertiary/aromatic N) is 5. The number of aryl methyl sites for hydroxylation is 2. The number of para-hydroxylation sites is 1. The van der Waals surface area contributed by atoms with E-state index in [1.807, 2.05) is 24.3 Å². The molecule has 1 N–H and O–H groups in total. The number of rotatable bonds is 6. The topological polar surface area (TPSA) is 102 Å². The Balaban J connectivity index is 1.47. The van der Waals surface area contributed by atoms with Gasteiger partial charge in [0.2, 0.25) is 0 Å². The van der Waals surface area contributed by atoms with Gasteiger partial charge in [-0.15, -0.1) is 0 Å². The molecule has 0 unspecified atom stereocenters. The largest absolute Gasteiger partial charge is 0.496 e. The van der Waals surface area contributed by atoms with Crippen molar-refractivity contribution in [1.29, 1.82) is 0 Å². The van der Waals surface area contributed by atoms with Gasteiger partial charge in [-0.25, -0.2) is 9.97 Å². The van der Waals surface area contributed by atoms with Gasteiger partial charge < -0.3 is 15.0 Å². The second kappa shape index (κ2) is 9.17. The van der Waals surface area contributed by atoms with Gasteiger partial charge in [0.25, 0.3) is 11.8 Å². The minimum absolute atomic E-state index is 0.0829. The number of hydrogen-bond acceptors (Lipinski definition) is 6. The Morgan fingerprint density at radius 1 is 1.25 bits per heavy atom. The van der Waals surface area contributed by atoms with Gasteiger partial charge >= 0.3 is 0 Å². The lowest BCUT2D eigenvalue weighted by molar-refractivity contribution is 0.0729. The Bertz CT molecular complexity index is 1140. The van der Waals surface area contributed by atoms with Crippen LogP contribution in [0.25, 0.3) is 0 Å². The standard InChI is InChI=1S/C23H26N6O3/c1-15-18(22(30)25-11-16-7-4-5-9-20(16)32-3)13-24-21(27-15)19-8-6-10-29(19)23(31)17-12-26-28(2)14-17/h4-5,7,9,12-14,19H,6,8,10-11H2,1-3H3,(H,25,30)/t19-/m0/s1. The van der Waals surface area contributed by atoms with Crippen molar-refractivity contribution in [3.05, 3.63) is 71.1 Å². The molecule has 4 rings (SSSR count). The van der Waals surface area contributed by atoms with Gasteiger partial charge in [0, 0.05) is 38.1 Å². The lowest BCUT2D eigenvalue weighted by Crippen LogP contribution is -2.32. The van der Waals surface area contributed by atoms with Crippen molar-refractivity contribution in [3.63, 3.8) is 0 Å². The maximum Gasteiger partial charge on any atom is 0.257 e. The fraction of sp³-hybridized carbons (Fsp3) is 0.348. The Labute approximate surface area is 186 Å². The van der Waals surface area contributed by atoms with Crippen LogP contribution in [0.2, 0.25) is 0 Å². The van der Waals surface area contributed by atoms with E-state index in [4.69, 9.17) is 4.74 Å². The van der Waals surface area contributed by atoms with Gasteiger partial charge in [-0.05, 0) is 25.8 Å². The van der Waals surface area contributed by atoms with E-state index in [9.17, 15) is 9.59 Å². The number of carbonyl (C=O) groups excluding carboxylic acids is 2. The number of nitrogens with one attached hydrogen (secondary N) is 1. The molecule has 0 spiro atoms. The quantitative estimate of drug-likeness (QED) is 0.639. The normalized spacial score (nSPS) is 15.6. The highest BCUT2D eigenvalue weighted by Gasteiger charge is 2.33. The van der Waals surface area contributed by atoms with Crippen LogP contribution in [-0.4, -0.2) is 50.1 Å². The van der Waals surface area contributed by atoms with Crippen molar-refractivity contribution in [2.75, 3.05) is 13.7 Å². The summed E-state index contributed by atoms with van der Waals surface area (Å²) in [5, 5.41) is 6.99. The number of hydrogen-bond donors (Lipinski definition) is 1. The molecule has 0 radical (unpaired) electrons. The van der Waals surface area contributed by atoms with Gasteiger partial charge in [0.15, 0.2) is 5.82 Å². The van der Waals surface area contributed by atoms with Gasteiger partial charge in [0.05, 0.1) is 36.2 Å². The van der Waals surface area contributed by atoms with Crippen LogP contribution in [-0.2, 0) is 13.6 Å². The van der Waals surface area contributed by atoms with Crippen molar-refractivity contribution in [2.24, 2.45) is 7.05 Å². The molecule has 2 amide bonds. The fourth-order valence-electron chi connectivity index (χ4n) is 3.96. The minimum atomic E-state index is -0.255. The van der Waals surface area contributed by atoms with Crippen LogP contribution in [0.1, 0.15) is 56.7 Å². The van der Waals surface area contributed by atoms with Crippen LogP contribution in [0.5, 0.6) is 5.75 Å². The second-order valence-electron chi connectivity index (χ2n) is 7.78. The SMILES string of the molecule is COc1ccccc1CNC(=O)c1cnc([C@@H]2CCCN2C(=O)c2cnn(C)c2)nc1C. The summed E-state index contributed by atoms with van der Waals surface area (Å²) in [4.78, 5) is 36.5. The summed E-state index contributed by atoms with van der Waals surface area (Å²) >= 11 is 0. The third-order valence-electron chi connectivity index (χ3n) is 5.64. The lowest BCUT2D eigenvalue weighted by Gasteiger charge is -2.23. The summed E-state index contributed by atoms with van der Waals surface area (Å²) < 4.78 is 6.94. The van der Waals surface area contributed by atoms with E-state index in [1.54, 1.807) is 49.3 Å². The number of methoxy groups -OCH3 is 1. The number of carbonyl (C=O) groups is 2. The zero-order valence-corrected chi connectivity index (χ0v) is 18.4. The molecule has 166 valence electrons. The molecular formula is C23H26N6O3. The maximum atomic E-state index is 12.9. The third-order valence-corrected chi connectivity index (χ3v) is 5.64. The molecule has 0 saturated carbocycles. The van der Waals surface area contributed by atoms with E-state index in [0.717, 1.165) is 24.2 Å². The third kappa shape index (κ3) is 4.32. The Hall–Kier alpha value is -3.75. The van der Waals surface area contributed by atoms with Crippen molar-refractivity contribution in [3.8, 4) is 5.75 Å². The smallest absolute Gasteiger partial charge is 0.257 e. The molecule has 3 heterocycles. The first-order valence-corrected chi connectivity index (χ1v) is 10.5. The number of amides is 2. The summed E-state index contributed by atoms with van der Waals surface area (Å²) in [5.41, 5.74) is 2.41. The molecule has 1 saturated heterocycles. The first-order chi connectivity index (χ1) is 15.5. The van der Waals surface area contributed by atoms with Gasteiger partial charge in [-0.2, -0.15) is 5.10 Å². The molecule has 1 aliphatic rings. The molecule has 3 aromatic rings. The lowest BCUT2D eigenvalue weighted by atomic mass is 10.1. The van der Waals surface area contributed by atoms with E-state index in [2.05, 4.69) is 20.4 Å². The number of likely N-dealkylation sites (tertiary alicyclic amines) is 1. The second-order valence-corrected chi connectivity index (χ2v) is 7.78. The highest BCUT2D eigenvalue weighted by Crippen LogP contribution is 2.31. The highest BCUT2D eigenvalue weighted by molar-refractivity contribution is 5.95. The molecular weight excluding hydrogens is 408 g/mol. The van der Waals surface area contributed by atoms with Crippen LogP contribution in [0.3, 0.4) is 0 Å². The van der Waals surface area contributed by atoms with Crippen LogP contribution < -0.4 is 10.1 Å². The molecule has 1 aliphatic heterocycles. The maximum absolute atomic E-state index is 12.9. The monoisotopic (exact) mass is 434 g/mol.